The summed E-state index contributed by atoms with van der Waals surface area (Å²) < 4.78 is 5.85. The number of halogens is 1. The van der Waals surface area contributed by atoms with E-state index in [0.29, 0.717) is 36.5 Å². The van der Waals surface area contributed by atoms with E-state index in [4.69, 9.17) is 16.3 Å². The molecule has 3 nitrogen and oxygen atoms in total. The van der Waals surface area contributed by atoms with Gasteiger partial charge in [0.15, 0.2) is 5.78 Å². The van der Waals surface area contributed by atoms with Gasteiger partial charge in [-0.25, -0.2) is 0 Å². The van der Waals surface area contributed by atoms with E-state index in [9.17, 15) is 9.59 Å². The molecule has 2 saturated carbocycles. The number of hydrogen-bond acceptors (Lipinski definition) is 3. The molecule has 0 aliphatic heterocycles. The molecule has 0 spiro atoms. The first-order valence-corrected chi connectivity index (χ1v) is 12.8. The maximum atomic E-state index is 12.7. The van der Waals surface area contributed by atoms with E-state index in [0.717, 1.165) is 57.1 Å². The first kappa shape index (κ1) is 21.9. The van der Waals surface area contributed by atoms with Gasteiger partial charge in [-0.1, -0.05) is 24.6 Å². The Balaban J connectivity index is 1.44. The number of alkyl halides is 1. The van der Waals surface area contributed by atoms with E-state index in [2.05, 4.69) is 19.1 Å². The molecule has 4 aliphatic carbocycles. The molecule has 4 atom stereocenters. The normalized spacial score (nSPS) is 31.7. The summed E-state index contributed by atoms with van der Waals surface area (Å²) in [5.41, 5.74) is 5.32. The van der Waals surface area contributed by atoms with Gasteiger partial charge in [-0.2, -0.15) is 0 Å². The number of fused-ring (bicyclic) bond motifs is 4. The molecule has 0 aromatic heterocycles. The fourth-order valence-corrected chi connectivity index (χ4v) is 7.06. The molecule has 5 rings (SSSR count). The second kappa shape index (κ2) is 8.82. The van der Waals surface area contributed by atoms with E-state index in [1.165, 1.54) is 16.7 Å². The van der Waals surface area contributed by atoms with Crippen molar-refractivity contribution < 1.29 is 14.3 Å². The minimum atomic E-state index is -0.127. The summed E-state index contributed by atoms with van der Waals surface area (Å²) in [5, 5.41) is 0. The van der Waals surface area contributed by atoms with Crippen LogP contribution in [0.1, 0.15) is 76.2 Å². The van der Waals surface area contributed by atoms with Crippen LogP contribution < -0.4 is 4.74 Å². The fraction of sp³-hybridized carbons (Fsp3) is 0.571. The summed E-state index contributed by atoms with van der Waals surface area (Å²) in [5.74, 6) is 3.38. The van der Waals surface area contributed by atoms with Crippen LogP contribution in [-0.2, 0) is 9.59 Å². The maximum Gasteiger partial charge on any atom is 0.156 e. The van der Waals surface area contributed by atoms with Gasteiger partial charge in [0.05, 0.1) is 6.61 Å². The fourth-order valence-electron chi connectivity index (χ4n) is 6.87. The summed E-state index contributed by atoms with van der Waals surface area (Å²) in [6.07, 6.45) is 10.2. The van der Waals surface area contributed by atoms with Crippen molar-refractivity contribution >= 4 is 23.2 Å². The zero-order valence-corrected chi connectivity index (χ0v) is 19.8. The molecule has 2 fully saturated rings. The molecule has 0 N–H and O–H groups in total. The highest BCUT2D eigenvalue weighted by Gasteiger charge is 2.53. The molecule has 0 amide bonds. The van der Waals surface area contributed by atoms with Gasteiger partial charge in [0.1, 0.15) is 11.5 Å². The quantitative estimate of drug-likeness (QED) is 0.363. The summed E-state index contributed by atoms with van der Waals surface area (Å²) in [6.45, 7) is 2.89. The molecule has 1 aromatic rings. The molecule has 0 radical (unpaired) electrons. The number of carbonyl (C=O) groups excluding carboxylic acids is 2. The van der Waals surface area contributed by atoms with Crippen molar-refractivity contribution in [2.24, 2.45) is 17.3 Å². The van der Waals surface area contributed by atoms with Gasteiger partial charge in [0.2, 0.25) is 0 Å². The summed E-state index contributed by atoms with van der Waals surface area (Å²) >= 11 is 5.74. The van der Waals surface area contributed by atoms with Crippen molar-refractivity contribution in [1.82, 2.24) is 0 Å². The number of rotatable bonds is 6. The lowest BCUT2D eigenvalue weighted by Crippen LogP contribution is -2.40. The van der Waals surface area contributed by atoms with Gasteiger partial charge in [0, 0.05) is 30.1 Å². The monoisotopic (exact) mass is 452 g/mol. The number of benzene rings is 1. The zero-order valence-electron chi connectivity index (χ0n) is 19.0. The summed E-state index contributed by atoms with van der Waals surface area (Å²) in [6, 6.07) is 8.36. The Morgan fingerprint density at radius 3 is 2.66 bits per heavy atom. The number of carbonyl (C=O) groups is 2. The third kappa shape index (κ3) is 3.77. The minimum Gasteiger partial charge on any atom is -0.494 e. The van der Waals surface area contributed by atoms with Gasteiger partial charge in [-0.3, -0.25) is 9.59 Å². The average Bonchev–Trinajstić information content (AvgIpc) is 3.11. The summed E-state index contributed by atoms with van der Waals surface area (Å²) in [4.78, 5) is 25.3. The standard InChI is InChI=1S/C28H33ClO3/c1-28-13-12-23-22(25(28)10-11-26(28)31)9-6-19-16-20(30)17-24(27(19)23)18-4-7-21(8-5-18)32-15-3-2-14-29/h4-5,7-8,16,22,24-25H,2-3,6,9-15,17H2,1H3/t22-,24?,25+,28+/m1/s1. The van der Waals surface area contributed by atoms with Crippen LogP contribution in [0, 0.1) is 17.3 Å². The highest BCUT2D eigenvalue weighted by Crippen LogP contribution is 2.59. The van der Waals surface area contributed by atoms with Crippen LogP contribution in [0.2, 0.25) is 0 Å². The topological polar surface area (TPSA) is 43.4 Å². The van der Waals surface area contributed by atoms with E-state index in [-0.39, 0.29) is 17.1 Å². The van der Waals surface area contributed by atoms with E-state index < -0.39 is 0 Å². The molecule has 170 valence electrons. The first-order chi connectivity index (χ1) is 15.5. The van der Waals surface area contributed by atoms with E-state index in [1.807, 2.05) is 18.2 Å². The zero-order chi connectivity index (χ0) is 22.3. The number of Topliss-reactive ketones (excluding diaryl/α,β-unsaturated/α-hetero) is 1. The van der Waals surface area contributed by atoms with Gasteiger partial charge < -0.3 is 4.74 Å². The van der Waals surface area contributed by atoms with Crippen molar-refractivity contribution in [3.8, 4) is 5.75 Å². The Labute approximate surface area is 196 Å². The van der Waals surface area contributed by atoms with Gasteiger partial charge in [0.25, 0.3) is 0 Å². The molecule has 32 heavy (non-hydrogen) atoms. The lowest BCUT2D eigenvalue weighted by Gasteiger charge is -2.47. The Morgan fingerprint density at radius 1 is 1.06 bits per heavy atom. The lowest BCUT2D eigenvalue weighted by atomic mass is 9.56. The average molecular weight is 453 g/mol. The Hall–Kier alpha value is -1.87. The third-order valence-electron chi connectivity index (χ3n) is 8.57. The van der Waals surface area contributed by atoms with Crippen molar-refractivity contribution in [2.45, 2.75) is 70.6 Å². The predicted molar refractivity (Wildman–Crippen MR) is 127 cm³/mol. The van der Waals surface area contributed by atoms with Crippen molar-refractivity contribution in [2.75, 3.05) is 12.5 Å². The van der Waals surface area contributed by atoms with Crippen LogP contribution in [-0.4, -0.2) is 24.1 Å². The highest BCUT2D eigenvalue weighted by molar-refractivity contribution is 6.17. The second-order valence-electron chi connectivity index (χ2n) is 10.3. The molecular formula is C28H33ClO3. The highest BCUT2D eigenvalue weighted by atomic mass is 35.5. The van der Waals surface area contributed by atoms with Crippen molar-refractivity contribution in [1.29, 1.82) is 0 Å². The number of hydrogen-bond donors (Lipinski definition) is 0. The Bertz CT molecular complexity index is 973. The molecule has 0 bridgehead atoms. The van der Waals surface area contributed by atoms with Crippen LogP contribution in [0.15, 0.2) is 47.1 Å². The summed E-state index contributed by atoms with van der Waals surface area (Å²) in [7, 11) is 0. The van der Waals surface area contributed by atoms with Crippen molar-refractivity contribution in [3.05, 3.63) is 52.6 Å². The Morgan fingerprint density at radius 2 is 1.88 bits per heavy atom. The van der Waals surface area contributed by atoms with E-state index >= 15 is 0 Å². The molecule has 0 saturated heterocycles. The Kier molecular flexibility index (Phi) is 6.05. The molecule has 0 heterocycles. The largest absolute Gasteiger partial charge is 0.494 e. The third-order valence-corrected chi connectivity index (χ3v) is 8.84. The number of ether oxygens (including phenoxy) is 1. The smallest absolute Gasteiger partial charge is 0.156 e. The van der Waals surface area contributed by atoms with E-state index in [1.54, 1.807) is 5.57 Å². The van der Waals surface area contributed by atoms with Gasteiger partial charge in [-0.05, 0) is 91.7 Å². The number of unbranched alkanes of at least 4 members (excludes halogenated alkanes) is 1. The number of ketones is 2. The van der Waals surface area contributed by atoms with Crippen LogP contribution in [0.25, 0.3) is 0 Å². The van der Waals surface area contributed by atoms with Crippen LogP contribution in [0.4, 0.5) is 0 Å². The predicted octanol–water partition coefficient (Wildman–Crippen LogP) is 6.55. The van der Waals surface area contributed by atoms with Gasteiger partial charge in [-0.15, -0.1) is 11.6 Å². The maximum absolute atomic E-state index is 12.7. The molecular weight excluding hydrogens is 420 g/mol. The van der Waals surface area contributed by atoms with Crippen LogP contribution >= 0.6 is 11.6 Å². The molecule has 1 unspecified atom stereocenters. The van der Waals surface area contributed by atoms with Crippen LogP contribution in [0.3, 0.4) is 0 Å². The van der Waals surface area contributed by atoms with Crippen molar-refractivity contribution in [3.63, 3.8) is 0 Å². The SMILES string of the molecule is C[C@]12CCC3=C4C(=CC(=O)CC4c4ccc(OCCCCCl)cc4)CC[C@H]3[C@@H]1CCC2=O. The first-order valence-electron chi connectivity index (χ1n) is 12.3. The van der Waals surface area contributed by atoms with Gasteiger partial charge >= 0.3 is 0 Å². The molecule has 1 aromatic carbocycles. The molecule has 4 heteroatoms. The second-order valence-corrected chi connectivity index (χ2v) is 10.7. The van der Waals surface area contributed by atoms with Crippen LogP contribution in [0.5, 0.6) is 5.75 Å². The lowest BCUT2D eigenvalue weighted by molar-refractivity contribution is -0.128. The molecule has 4 aliphatic rings. The minimum absolute atomic E-state index is 0.127. The number of allylic oxidation sites excluding steroid dienone is 4.